The summed E-state index contributed by atoms with van der Waals surface area (Å²) in [4.78, 5) is 5.24. The van der Waals surface area contributed by atoms with E-state index in [4.69, 9.17) is 0 Å². The van der Waals surface area contributed by atoms with Gasteiger partial charge in [-0.05, 0) is 71.2 Å². The molecule has 1 aliphatic heterocycles. The molecule has 1 saturated carbocycles. The SMILES string of the molecule is CCNC1CCCC1CCN(C)CC1CCCN1CC. The molecule has 3 heteroatoms. The van der Waals surface area contributed by atoms with Crippen molar-refractivity contribution in [1.29, 1.82) is 0 Å². The fourth-order valence-electron chi connectivity index (χ4n) is 4.27. The van der Waals surface area contributed by atoms with E-state index in [-0.39, 0.29) is 0 Å². The van der Waals surface area contributed by atoms with Gasteiger partial charge in [-0.3, -0.25) is 4.90 Å². The van der Waals surface area contributed by atoms with E-state index in [1.54, 1.807) is 0 Å². The van der Waals surface area contributed by atoms with E-state index in [2.05, 4.69) is 36.0 Å². The second-order valence-corrected chi connectivity index (χ2v) is 6.83. The summed E-state index contributed by atoms with van der Waals surface area (Å²) in [7, 11) is 2.32. The van der Waals surface area contributed by atoms with Crippen LogP contribution in [0.1, 0.15) is 52.4 Å². The van der Waals surface area contributed by atoms with Gasteiger partial charge in [0.15, 0.2) is 0 Å². The molecular formula is C17H35N3. The van der Waals surface area contributed by atoms with Gasteiger partial charge in [0.05, 0.1) is 0 Å². The lowest BCUT2D eigenvalue weighted by Gasteiger charge is -2.29. The molecule has 2 aliphatic rings. The molecule has 3 unspecified atom stereocenters. The average Bonchev–Trinajstić information content (AvgIpc) is 3.06. The van der Waals surface area contributed by atoms with Gasteiger partial charge in [-0.15, -0.1) is 0 Å². The molecule has 3 atom stereocenters. The molecule has 20 heavy (non-hydrogen) atoms. The summed E-state index contributed by atoms with van der Waals surface area (Å²) in [5.41, 5.74) is 0. The fraction of sp³-hybridized carbons (Fsp3) is 1.00. The van der Waals surface area contributed by atoms with E-state index in [9.17, 15) is 0 Å². The summed E-state index contributed by atoms with van der Waals surface area (Å²) >= 11 is 0. The Hall–Kier alpha value is -0.120. The van der Waals surface area contributed by atoms with E-state index in [0.717, 1.165) is 24.5 Å². The quantitative estimate of drug-likeness (QED) is 0.738. The summed E-state index contributed by atoms with van der Waals surface area (Å²) in [6.07, 6.45) is 8.45. The van der Waals surface area contributed by atoms with Crippen molar-refractivity contribution in [3.63, 3.8) is 0 Å². The molecule has 3 nitrogen and oxygen atoms in total. The Morgan fingerprint density at radius 1 is 1.15 bits per heavy atom. The normalized spacial score (nSPS) is 31.5. The van der Waals surface area contributed by atoms with Crippen LogP contribution in [0.4, 0.5) is 0 Å². The number of hydrogen-bond acceptors (Lipinski definition) is 3. The van der Waals surface area contributed by atoms with Crippen LogP contribution < -0.4 is 5.32 Å². The molecule has 118 valence electrons. The van der Waals surface area contributed by atoms with Crippen LogP contribution in [0.2, 0.25) is 0 Å². The van der Waals surface area contributed by atoms with Crippen LogP contribution in [0, 0.1) is 5.92 Å². The van der Waals surface area contributed by atoms with Gasteiger partial charge in [0, 0.05) is 18.6 Å². The zero-order chi connectivity index (χ0) is 14.4. The van der Waals surface area contributed by atoms with Crippen molar-refractivity contribution in [1.82, 2.24) is 15.1 Å². The molecule has 0 radical (unpaired) electrons. The van der Waals surface area contributed by atoms with Gasteiger partial charge in [0.2, 0.25) is 0 Å². The second kappa shape index (κ2) is 8.35. The molecule has 1 saturated heterocycles. The third-order valence-corrected chi connectivity index (χ3v) is 5.43. The number of hydrogen-bond donors (Lipinski definition) is 1. The first kappa shape index (κ1) is 16.3. The number of likely N-dealkylation sites (tertiary alicyclic amines) is 1. The highest BCUT2D eigenvalue weighted by Crippen LogP contribution is 2.28. The molecule has 0 aromatic rings. The summed E-state index contributed by atoms with van der Waals surface area (Å²) in [5, 5.41) is 3.68. The predicted octanol–water partition coefficient (Wildman–Crippen LogP) is 2.57. The van der Waals surface area contributed by atoms with Gasteiger partial charge in [-0.25, -0.2) is 0 Å². The van der Waals surface area contributed by atoms with Crippen molar-refractivity contribution in [2.45, 2.75) is 64.5 Å². The lowest BCUT2D eigenvalue weighted by atomic mass is 9.99. The van der Waals surface area contributed by atoms with E-state index in [0.29, 0.717) is 0 Å². The highest BCUT2D eigenvalue weighted by Gasteiger charge is 2.27. The molecule has 0 bridgehead atoms. The predicted molar refractivity (Wildman–Crippen MR) is 87.2 cm³/mol. The van der Waals surface area contributed by atoms with Crippen LogP contribution in [0.25, 0.3) is 0 Å². The highest BCUT2D eigenvalue weighted by atomic mass is 15.2. The Kier molecular flexibility index (Phi) is 6.79. The molecule has 2 fully saturated rings. The Bertz CT molecular complexity index is 269. The Labute approximate surface area is 126 Å². The van der Waals surface area contributed by atoms with Crippen molar-refractivity contribution in [3.8, 4) is 0 Å². The van der Waals surface area contributed by atoms with Gasteiger partial charge in [0.1, 0.15) is 0 Å². The number of nitrogens with one attached hydrogen (secondary N) is 1. The molecule has 1 aliphatic carbocycles. The largest absolute Gasteiger partial charge is 0.314 e. The Morgan fingerprint density at radius 2 is 2.00 bits per heavy atom. The van der Waals surface area contributed by atoms with Crippen molar-refractivity contribution in [2.24, 2.45) is 5.92 Å². The maximum atomic E-state index is 3.68. The highest BCUT2D eigenvalue weighted by molar-refractivity contribution is 4.84. The topological polar surface area (TPSA) is 18.5 Å². The van der Waals surface area contributed by atoms with E-state index in [1.165, 1.54) is 64.7 Å². The molecule has 0 aromatic carbocycles. The Morgan fingerprint density at radius 3 is 2.75 bits per heavy atom. The van der Waals surface area contributed by atoms with Gasteiger partial charge < -0.3 is 10.2 Å². The molecule has 1 heterocycles. The van der Waals surface area contributed by atoms with Gasteiger partial charge in [-0.1, -0.05) is 20.3 Å². The fourth-order valence-corrected chi connectivity index (χ4v) is 4.27. The van der Waals surface area contributed by atoms with Crippen LogP contribution in [0.15, 0.2) is 0 Å². The zero-order valence-corrected chi connectivity index (χ0v) is 13.9. The molecule has 0 spiro atoms. The van der Waals surface area contributed by atoms with E-state index >= 15 is 0 Å². The molecule has 2 rings (SSSR count). The standard InChI is InChI=1S/C17H35N3/c1-4-18-17-10-6-8-15(17)11-13-19(3)14-16-9-7-12-20(16)5-2/h15-18H,4-14H2,1-3H3. The summed E-state index contributed by atoms with van der Waals surface area (Å²) in [5.74, 6) is 0.920. The van der Waals surface area contributed by atoms with Crippen molar-refractivity contribution in [3.05, 3.63) is 0 Å². The van der Waals surface area contributed by atoms with Crippen LogP contribution in [-0.4, -0.2) is 61.7 Å². The van der Waals surface area contributed by atoms with Gasteiger partial charge in [-0.2, -0.15) is 0 Å². The molecular weight excluding hydrogens is 246 g/mol. The van der Waals surface area contributed by atoms with Crippen LogP contribution in [0.3, 0.4) is 0 Å². The number of likely N-dealkylation sites (N-methyl/N-ethyl adjacent to an activating group) is 2. The van der Waals surface area contributed by atoms with Crippen molar-refractivity contribution < 1.29 is 0 Å². The maximum Gasteiger partial charge on any atom is 0.0223 e. The Balaban J connectivity index is 1.68. The number of nitrogens with zero attached hydrogens (tertiary/aromatic N) is 2. The van der Waals surface area contributed by atoms with Crippen LogP contribution >= 0.6 is 0 Å². The zero-order valence-electron chi connectivity index (χ0n) is 13.9. The molecule has 0 aromatic heterocycles. The smallest absolute Gasteiger partial charge is 0.0223 e. The molecule has 1 N–H and O–H groups in total. The maximum absolute atomic E-state index is 3.68. The third-order valence-electron chi connectivity index (χ3n) is 5.43. The van der Waals surface area contributed by atoms with Crippen molar-refractivity contribution >= 4 is 0 Å². The third kappa shape index (κ3) is 4.44. The van der Waals surface area contributed by atoms with Crippen LogP contribution in [-0.2, 0) is 0 Å². The second-order valence-electron chi connectivity index (χ2n) is 6.83. The van der Waals surface area contributed by atoms with Gasteiger partial charge in [0.25, 0.3) is 0 Å². The minimum atomic E-state index is 0.798. The lowest BCUT2D eigenvalue weighted by molar-refractivity contribution is 0.189. The monoisotopic (exact) mass is 281 g/mol. The van der Waals surface area contributed by atoms with E-state index in [1.807, 2.05) is 0 Å². The summed E-state index contributed by atoms with van der Waals surface area (Å²) in [6, 6.07) is 1.62. The first-order valence-electron chi connectivity index (χ1n) is 8.90. The average molecular weight is 281 g/mol. The minimum Gasteiger partial charge on any atom is -0.314 e. The minimum absolute atomic E-state index is 0.798. The summed E-state index contributed by atoms with van der Waals surface area (Å²) < 4.78 is 0. The summed E-state index contributed by atoms with van der Waals surface area (Å²) in [6.45, 7) is 10.8. The van der Waals surface area contributed by atoms with Gasteiger partial charge >= 0.3 is 0 Å². The lowest BCUT2D eigenvalue weighted by Crippen LogP contribution is -2.40. The van der Waals surface area contributed by atoms with E-state index < -0.39 is 0 Å². The first-order chi connectivity index (χ1) is 9.74. The first-order valence-corrected chi connectivity index (χ1v) is 8.90. The molecule has 0 amide bonds. The van der Waals surface area contributed by atoms with Crippen molar-refractivity contribution in [2.75, 3.05) is 39.8 Å². The van der Waals surface area contributed by atoms with Crippen LogP contribution in [0.5, 0.6) is 0 Å². The number of rotatable bonds is 8.